The molecule has 1 aliphatic carbocycles. The summed E-state index contributed by atoms with van der Waals surface area (Å²) < 4.78 is 16.6. The van der Waals surface area contributed by atoms with Crippen LogP contribution < -0.4 is 5.32 Å². The maximum absolute atomic E-state index is 13.0. The standard InChI is InChI=1S/C23H31N3O5/c24-15-20(17-30-16-18-7-3-1-4-8-18)25-22(27)21(19-9-5-2-6-10-19)31-23(28)26-11-13-29-14-12-26/h1,3-4,7-8,19-21H,2,5-6,9-14,16-17H2,(H,25,27). The van der Waals surface area contributed by atoms with Gasteiger partial charge in [-0.3, -0.25) is 4.79 Å². The second-order valence-corrected chi connectivity index (χ2v) is 7.99. The van der Waals surface area contributed by atoms with Crippen molar-refractivity contribution in [3.8, 4) is 6.07 Å². The lowest BCUT2D eigenvalue weighted by Gasteiger charge is -2.32. The first kappa shape index (κ1) is 23.0. The lowest BCUT2D eigenvalue weighted by Crippen LogP contribution is -2.50. The number of nitriles is 1. The fourth-order valence-corrected chi connectivity index (χ4v) is 3.96. The Morgan fingerprint density at radius 3 is 2.55 bits per heavy atom. The van der Waals surface area contributed by atoms with Gasteiger partial charge in [0.1, 0.15) is 6.04 Å². The minimum Gasteiger partial charge on any atom is -0.436 e. The van der Waals surface area contributed by atoms with Crippen molar-refractivity contribution in [2.24, 2.45) is 5.92 Å². The maximum atomic E-state index is 13.0. The molecule has 3 rings (SSSR count). The summed E-state index contributed by atoms with van der Waals surface area (Å²) in [7, 11) is 0. The summed E-state index contributed by atoms with van der Waals surface area (Å²) in [5, 5.41) is 12.2. The summed E-state index contributed by atoms with van der Waals surface area (Å²) in [6.07, 6.45) is 3.39. The van der Waals surface area contributed by atoms with Crippen LogP contribution in [-0.2, 0) is 25.6 Å². The van der Waals surface area contributed by atoms with Gasteiger partial charge in [-0.15, -0.1) is 0 Å². The second-order valence-electron chi connectivity index (χ2n) is 7.99. The zero-order valence-electron chi connectivity index (χ0n) is 17.8. The van der Waals surface area contributed by atoms with E-state index in [1.54, 1.807) is 4.90 Å². The predicted octanol–water partition coefficient (Wildman–Crippen LogP) is 2.63. The molecule has 0 bridgehead atoms. The number of rotatable bonds is 8. The second kappa shape index (κ2) is 12.3. The monoisotopic (exact) mass is 429 g/mol. The number of carbonyl (C=O) groups excluding carboxylic acids is 2. The number of amides is 2. The van der Waals surface area contributed by atoms with Gasteiger partial charge in [-0.05, 0) is 18.4 Å². The number of hydrogen-bond donors (Lipinski definition) is 1. The molecule has 31 heavy (non-hydrogen) atoms. The Labute approximate surface area is 183 Å². The quantitative estimate of drug-likeness (QED) is 0.682. The molecule has 8 heteroatoms. The van der Waals surface area contributed by atoms with Gasteiger partial charge in [-0.1, -0.05) is 49.6 Å². The van der Waals surface area contributed by atoms with Gasteiger partial charge >= 0.3 is 6.09 Å². The molecule has 1 aromatic carbocycles. The van der Waals surface area contributed by atoms with Gasteiger partial charge in [-0.2, -0.15) is 5.26 Å². The Kier molecular flexibility index (Phi) is 9.13. The SMILES string of the molecule is N#CC(COCc1ccccc1)NC(=O)C(OC(=O)N1CCOCC1)C1CCCCC1. The molecule has 1 aromatic rings. The minimum atomic E-state index is -0.902. The van der Waals surface area contributed by atoms with E-state index in [9.17, 15) is 14.9 Å². The van der Waals surface area contributed by atoms with E-state index < -0.39 is 24.1 Å². The third kappa shape index (κ3) is 7.23. The normalized spacial score (nSPS) is 19.1. The van der Waals surface area contributed by atoms with Crippen LogP contribution in [-0.4, -0.2) is 62.0 Å². The highest BCUT2D eigenvalue weighted by molar-refractivity contribution is 5.84. The van der Waals surface area contributed by atoms with Crippen molar-refractivity contribution < 1.29 is 23.8 Å². The van der Waals surface area contributed by atoms with Crippen LogP contribution in [0, 0.1) is 17.2 Å². The van der Waals surface area contributed by atoms with Crippen LogP contribution in [0.5, 0.6) is 0 Å². The minimum absolute atomic E-state index is 0.0386. The molecule has 2 aliphatic rings. The van der Waals surface area contributed by atoms with Crippen molar-refractivity contribution in [1.29, 1.82) is 5.26 Å². The zero-order chi connectivity index (χ0) is 21.9. The number of hydrogen-bond acceptors (Lipinski definition) is 6. The van der Waals surface area contributed by atoms with Crippen LogP contribution >= 0.6 is 0 Å². The van der Waals surface area contributed by atoms with Crippen molar-refractivity contribution >= 4 is 12.0 Å². The van der Waals surface area contributed by atoms with Crippen molar-refractivity contribution in [2.75, 3.05) is 32.9 Å². The van der Waals surface area contributed by atoms with E-state index in [0.29, 0.717) is 32.9 Å². The van der Waals surface area contributed by atoms with Crippen molar-refractivity contribution in [3.63, 3.8) is 0 Å². The lowest BCUT2D eigenvalue weighted by atomic mass is 9.85. The van der Waals surface area contributed by atoms with Gasteiger partial charge in [0, 0.05) is 19.0 Å². The summed E-state index contributed by atoms with van der Waals surface area (Å²) in [6, 6.07) is 10.9. The number of morpholine rings is 1. The van der Waals surface area contributed by atoms with Crippen LogP contribution in [0.3, 0.4) is 0 Å². The lowest BCUT2D eigenvalue weighted by molar-refractivity contribution is -0.134. The molecular weight excluding hydrogens is 398 g/mol. The van der Waals surface area contributed by atoms with E-state index in [2.05, 4.69) is 11.4 Å². The van der Waals surface area contributed by atoms with Gasteiger partial charge < -0.3 is 24.4 Å². The molecule has 8 nitrogen and oxygen atoms in total. The summed E-state index contributed by atoms with van der Waals surface area (Å²) in [4.78, 5) is 27.2. The third-order valence-electron chi connectivity index (χ3n) is 5.70. The highest BCUT2D eigenvalue weighted by Gasteiger charge is 2.35. The molecule has 1 saturated carbocycles. The Bertz CT molecular complexity index is 739. The fourth-order valence-electron chi connectivity index (χ4n) is 3.96. The highest BCUT2D eigenvalue weighted by atomic mass is 16.6. The Balaban J connectivity index is 1.56. The van der Waals surface area contributed by atoms with E-state index in [1.807, 2.05) is 30.3 Å². The maximum Gasteiger partial charge on any atom is 0.410 e. The molecule has 1 saturated heterocycles. The first-order valence-electron chi connectivity index (χ1n) is 11.0. The molecule has 2 atom stereocenters. The number of nitrogens with one attached hydrogen (secondary N) is 1. The van der Waals surface area contributed by atoms with Crippen LogP contribution in [0.1, 0.15) is 37.7 Å². The Morgan fingerprint density at radius 1 is 1.16 bits per heavy atom. The Morgan fingerprint density at radius 2 is 1.87 bits per heavy atom. The van der Waals surface area contributed by atoms with Crippen LogP contribution in [0.2, 0.25) is 0 Å². The van der Waals surface area contributed by atoms with E-state index >= 15 is 0 Å². The van der Waals surface area contributed by atoms with Gasteiger partial charge in [-0.25, -0.2) is 4.79 Å². The van der Waals surface area contributed by atoms with E-state index in [-0.39, 0.29) is 12.5 Å². The topological polar surface area (TPSA) is 101 Å². The first-order valence-corrected chi connectivity index (χ1v) is 11.0. The average Bonchev–Trinajstić information content (AvgIpc) is 2.83. The van der Waals surface area contributed by atoms with Crippen molar-refractivity contribution in [3.05, 3.63) is 35.9 Å². The Hall–Kier alpha value is -2.63. The van der Waals surface area contributed by atoms with Gasteiger partial charge in [0.2, 0.25) is 0 Å². The largest absolute Gasteiger partial charge is 0.436 e. The van der Waals surface area contributed by atoms with Crippen LogP contribution in [0.4, 0.5) is 4.79 Å². The molecule has 0 spiro atoms. The van der Waals surface area contributed by atoms with E-state index in [1.165, 1.54) is 0 Å². The molecule has 1 N–H and O–H groups in total. The first-order chi connectivity index (χ1) is 15.2. The number of benzene rings is 1. The summed E-state index contributed by atoms with van der Waals surface area (Å²) in [5.74, 6) is -0.466. The summed E-state index contributed by atoms with van der Waals surface area (Å²) in [6.45, 7) is 2.24. The van der Waals surface area contributed by atoms with Crippen LogP contribution in [0.25, 0.3) is 0 Å². The molecule has 0 radical (unpaired) electrons. The predicted molar refractivity (Wildman–Crippen MR) is 113 cm³/mol. The fraction of sp³-hybridized carbons (Fsp3) is 0.609. The molecule has 2 fully saturated rings. The molecule has 168 valence electrons. The van der Waals surface area contributed by atoms with E-state index in [4.69, 9.17) is 14.2 Å². The van der Waals surface area contributed by atoms with Crippen molar-refractivity contribution in [1.82, 2.24) is 10.2 Å². The number of ether oxygens (including phenoxy) is 3. The van der Waals surface area contributed by atoms with Gasteiger partial charge in [0.25, 0.3) is 5.91 Å². The van der Waals surface area contributed by atoms with Gasteiger partial charge in [0.05, 0.1) is 32.5 Å². The molecule has 2 amide bonds. The number of carbonyl (C=O) groups is 2. The molecule has 2 unspecified atom stereocenters. The molecule has 1 aliphatic heterocycles. The number of nitrogens with zero attached hydrogens (tertiary/aromatic N) is 2. The summed E-state index contributed by atoms with van der Waals surface area (Å²) in [5.41, 5.74) is 0.991. The average molecular weight is 430 g/mol. The van der Waals surface area contributed by atoms with Crippen molar-refractivity contribution in [2.45, 2.75) is 50.9 Å². The third-order valence-corrected chi connectivity index (χ3v) is 5.70. The van der Waals surface area contributed by atoms with E-state index in [0.717, 1.165) is 37.7 Å². The van der Waals surface area contributed by atoms with Gasteiger partial charge in [0.15, 0.2) is 6.10 Å². The zero-order valence-corrected chi connectivity index (χ0v) is 17.8. The molecule has 1 heterocycles. The highest BCUT2D eigenvalue weighted by Crippen LogP contribution is 2.28. The molecular formula is C23H31N3O5. The molecule has 0 aromatic heterocycles. The summed E-state index contributed by atoms with van der Waals surface area (Å²) >= 11 is 0. The van der Waals surface area contributed by atoms with Crippen LogP contribution in [0.15, 0.2) is 30.3 Å². The smallest absolute Gasteiger partial charge is 0.410 e.